The van der Waals surface area contributed by atoms with E-state index in [1.807, 2.05) is 13.8 Å². The number of hydrogen-bond acceptors (Lipinski definition) is 4. The van der Waals surface area contributed by atoms with Crippen molar-refractivity contribution in [1.29, 1.82) is 0 Å². The Morgan fingerprint density at radius 3 is 1.46 bits per heavy atom. The van der Waals surface area contributed by atoms with Gasteiger partial charge in [0.2, 0.25) is 0 Å². The number of unbranched alkanes of at least 4 members (excludes halogenated alkanes) is 9. The van der Waals surface area contributed by atoms with Crippen LogP contribution >= 0.6 is 0 Å². The van der Waals surface area contributed by atoms with Crippen LogP contribution in [0.5, 0.6) is 0 Å². The Kier molecular flexibility index (Phi) is 20.0. The molecule has 0 radical (unpaired) electrons. The number of carboxylic acid groups (broad SMARTS) is 3. The fraction of sp³-hybridized carbons (Fsp3) is 0.833. The molecule has 3 unspecified atom stereocenters. The molecule has 0 bridgehead atoms. The summed E-state index contributed by atoms with van der Waals surface area (Å²) in [5.74, 6) is -4.96. The molecule has 0 spiro atoms. The largest absolute Gasteiger partial charge is 0.550 e. The second-order valence-corrected chi connectivity index (χ2v) is 10.8. The second kappa shape index (κ2) is 21.1. The van der Waals surface area contributed by atoms with Crippen LogP contribution in [0.2, 0.25) is 0 Å². The molecule has 0 aromatic heterocycles. The molecule has 0 saturated carbocycles. The van der Waals surface area contributed by atoms with Crippen LogP contribution in [0, 0.1) is 17.8 Å². The topological polar surface area (TPSA) is 115 Å². The number of rotatable bonds is 25. The number of carboxylic acids is 3. The summed E-state index contributed by atoms with van der Waals surface area (Å²) in [6.07, 6.45) is 18.3. The Bertz CT molecular complexity index is 603. The van der Waals surface area contributed by atoms with E-state index in [0.29, 0.717) is 25.8 Å². The third-order valence-electron chi connectivity index (χ3n) is 7.73. The van der Waals surface area contributed by atoms with E-state index in [0.717, 1.165) is 32.1 Å². The van der Waals surface area contributed by atoms with Crippen molar-refractivity contribution < 1.29 is 34.2 Å². The minimum Gasteiger partial charge on any atom is -0.550 e. The van der Waals surface area contributed by atoms with E-state index in [1.165, 1.54) is 38.5 Å². The summed E-state index contributed by atoms with van der Waals surface area (Å²) in [6, 6.07) is 0. The Balaban J connectivity index is 5.16. The summed E-state index contributed by atoms with van der Waals surface area (Å²) in [4.78, 5) is 35.6. The molecule has 0 aromatic carbocycles. The Labute approximate surface area is 225 Å². The van der Waals surface area contributed by atoms with Gasteiger partial charge in [0.1, 0.15) is 11.8 Å². The normalized spacial score (nSPS) is 15.8. The van der Waals surface area contributed by atoms with Crippen LogP contribution in [0.15, 0.2) is 12.2 Å². The standard InChI is InChI=1S/C30H55NO6/c1-5-9-10-11-12-13-14-15-16-17-18-19-20-21-31(22-25(6-2)28(32)33,23-26(7-3)29(34)35)24-27(8-4)30(36)37/h12-13,25-27H,5-11,14-24H2,1-4H3,(H2-,32,33,34,35,36,37)/b13-12+. The maximum absolute atomic E-state index is 11.9. The number of nitrogens with zero attached hydrogens (tertiary/aromatic N) is 1. The van der Waals surface area contributed by atoms with Crippen molar-refractivity contribution in [2.24, 2.45) is 17.8 Å². The Morgan fingerprint density at radius 2 is 1.05 bits per heavy atom. The number of allylic oxidation sites excluding steroid dienone is 2. The molecule has 7 nitrogen and oxygen atoms in total. The van der Waals surface area contributed by atoms with Crippen molar-refractivity contribution in [2.75, 3.05) is 26.2 Å². The zero-order chi connectivity index (χ0) is 28.1. The van der Waals surface area contributed by atoms with Crippen molar-refractivity contribution in [3.8, 4) is 0 Å². The highest BCUT2D eigenvalue weighted by Gasteiger charge is 2.39. The molecule has 0 rings (SSSR count). The van der Waals surface area contributed by atoms with E-state index in [2.05, 4.69) is 19.1 Å². The molecule has 0 aliphatic carbocycles. The zero-order valence-corrected chi connectivity index (χ0v) is 24.1. The van der Waals surface area contributed by atoms with Gasteiger partial charge >= 0.3 is 11.9 Å². The highest BCUT2D eigenvalue weighted by atomic mass is 16.4. The number of aliphatic carboxylic acids is 3. The van der Waals surface area contributed by atoms with Gasteiger partial charge in [0, 0.05) is 5.92 Å². The molecule has 7 heteroatoms. The van der Waals surface area contributed by atoms with E-state index in [-0.39, 0.29) is 24.1 Å². The quantitative estimate of drug-likeness (QED) is 0.0902. The van der Waals surface area contributed by atoms with E-state index < -0.39 is 35.7 Å². The van der Waals surface area contributed by atoms with Crippen LogP contribution in [0.25, 0.3) is 0 Å². The number of carbonyl (C=O) groups excluding carboxylic acids is 1. The van der Waals surface area contributed by atoms with Crippen molar-refractivity contribution >= 4 is 17.9 Å². The predicted octanol–water partition coefficient (Wildman–Crippen LogP) is 5.67. The van der Waals surface area contributed by atoms with Crippen LogP contribution in [0.1, 0.15) is 118 Å². The highest BCUT2D eigenvalue weighted by Crippen LogP contribution is 2.25. The lowest BCUT2D eigenvalue weighted by Crippen LogP contribution is -2.59. The van der Waals surface area contributed by atoms with E-state index >= 15 is 0 Å². The Hall–Kier alpha value is -1.89. The molecular formula is C30H55NO6. The lowest BCUT2D eigenvalue weighted by molar-refractivity contribution is -0.935. The second-order valence-electron chi connectivity index (χ2n) is 10.8. The van der Waals surface area contributed by atoms with Gasteiger partial charge in [-0.25, -0.2) is 0 Å². The molecule has 3 atom stereocenters. The first kappa shape index (κ1) is 35.1. The third kappa shape index (κ3) is 15.8. The SMILES string of the molecule is CCCCC/C=C/CCCCCCCC[N+](CC(CC)C(=O)[O-])(CC(CC)C(=O)O)CC(CC)C(=O)O. The number of carbonyl (C=O) groups is 3. The van der Waals surface area contributed by atoms with Crippen molar-refractivity contribution in [3.05, 3.63) is 12.2 Å². The summed E-state index contributed by atoms with van der Waals surface area (Å²) in [5, 5.41) is 31.3. The van der Waals surface area contributed by atoms with Crippen LogP contribution in [0.4, 0.5) is 0 Å². The molecule has 2 N–H and O–H groups in total. The lowest BCUT2D eigenvalue weighted by Gasteiger charge is -2.44. The molecule has 37 heavy (non-hydrogen) atoms. The molecule has 0 aliphatic heterocycles. The van der Waals surface area contributed by atoms with Gasteiger partial charge in [-0.2, -0.15) is 0 Å². The van der Waals surface area contributed by atoms with Crippen molar-refractivity contribution in [1.82, 2.24) is 0 Å². The summed E-state index contributed by atoms with van der Waals surface area (Å²) in [7, 11) is 0. The van der Waals surface area contributed by atoms with E-state index in [9.17, 15) is 29.7 Å². The average molecular weight is 526 g/mol. The smallest absolute Gasteiger partial charge is 0.312 e. The first-order valence-electron chi connectivity index (χ1n) is 14.8. The molecule has 216 valence electrons. The molecular weight excluding hydrogens is 470 g/mol. The summed E-state index contributed by atoms with van der Waals surface area (Å²) >= 11 is 0. The van der Waals surface area contributed by atoms with Crippen LogP contribution in [-0.4, -0.2) is 58.8 Å². The molecule has 0 aromatic rings. The van der Waals surface area contributed by atoms with Crippen LogP contribution < -0.4 is 5.11 Å². The van der Waals surface area contributed by atoms with Crippen LogP contribution in [-0.2, 0) is 14.4 Å². The van der Waals surface area contributed by atoms with Crippen molar-refractivity contribution in [3.63, 3.8) is 0 Å². The monoisotopic (exact) mass is 525 g/mol. The fourth-order valence-corrected chi connectivity index (χ4v) is 5.20. The van der Waals surface area contributed by atoms with Gasteiger partial charge in [0.05, 0.1) is 32.1 Å². The van der Waals surface area contributed by atoms with Gasteiger partial charge in [-0.3, -0.25) is 9.59 Å². The summed E-state index contributed by atoms with van der Waals surface area (Å²) in [5.41, 5.74) is 0. The minimum atomic E-state index is -1.14. The zero-order valence-electron chi connectivity index (χ0n) is 24.1. The summed E-state index contributed by atoms with van der Waals surface area (Å²) in [6.45, 7) is 8.96. The molecule has 0 amide bonds. The van der Waals surface area contributed by atoms with Crippen LogP contribution in [0.3, 0.4) is 0 Å². The number of hydrogen-bond donors (Lipinski definition) is 2. The lowest BCUT2D eigenvalue weighted by atomic mass is 9.95. The molecule has 0 aliphatic rings. The minimum absolute atomic E-state index is 0.213. The molecule has 0 heterocycles. The van der Waals surface area contributed by atoms with Gasteiger partial charge in [-0.1, -0.05) is 72.0 Å². The van der Waals surface area contributed by atoms with Crippen molar-refractivity contribution in [2.45, 2.75) is 118 Å². The van der Waals surface area contributed by atoms with Gasteiger partial charge in [-0.05, 0) is 57.8 Å². The highest BCUT2D eigenvalue weighted by molar-refractivity contribution is 5.70. The van der Waals surface area contributed by atoms with Gasteiger partial charge < -0.3 is 24.6 Å². The first-order valence-corrected chi connectivity index (χ1v) is 14.8. The average Bonchev–Trinajstić information content (AvgIpc) is 2.86. The van der Waals surface area contributed by atoms with E-state index in [1.54, 1.807) is 6.92 Å². The Morgan fingerprint density at radius 1 is 0.649 bits per heavy atom. The van der Waals surface area contributed by atoms with E-state index in [4.69, 9.17) is 0 Å². The summed E-state index contributed by atoms with van der Waals surface area (Å²) < 4.78 is 0.213. The predicted molar refractivity (Wildman–Crippen MR) is 147 cm³/mol. The first-order chi connectivity index (χ1) is 17.7. The maximum Gasteiger partial charge on any atom is 0.312 e. The number of quaternary nitrogens is 1. The maximum atomic E-state index is 11.9. The molecule has 0 fully saturated rings. The van der Waals surface area contributed by atoms with Gasteiger partial charge in [0.15, 0.2) is 0 Å². The molecule has 0 saturated heterocycles. The fourth-order valence-electron chi connectivity index (χ4n) is 5.20. The van der Waals surface area contributed by atoms with Gasteiger partial charge in [-0.15, -0.1) is 0 Å². The third-order valence-corrected chi connectivity index (χ3v) is 7.73. The van der Waals surface area contributed by atoms with Gasteiger partial charge in [0.25, 0.3) is 0 Å².